The first-order chi connectivity index (χ1) is 17.3. The summed E-state index contributed by atoms with van der Waals surface area (Å²) in [6.07, 6.45) is 3.78. The molecule has 0 heterocycles. The number of rotatable bonds is 12. The highest BCUT2D eigenvalue weighted by Crippen LogP contribution is 2.40. The van der Waals surface area contributed by atoms with Gasteiger partial charge >= 0.3 is 5.97 Å². The maximum Gasteiger partial charge on any atom is 0.338 e. The lowest BCUT2D eigenvalue weighted by Crippen LogP contribution is -2.33. The molecule has 0 aliphatic carbocycles. The predicted octanol–water partition coefficient (Wildman–Crippen LogP) is 7.41. The maximum absolute atomic E-state index is 12.1. The summed E-state index contributed by atoms with van der Waals surface area (Å²) in [7, 11) is 0. The van der Waals surface area contributed by atoms with Crippen LogP contribution in [0.25, 0.3) is 0 Å². The van der Waals surface area contributed by atoms with Crippen LogP contribution >= 0.6 is 0 Å². The van der Waals surface area contributed by atoms with E-state index in [0.717, 1.165) is 42.4 Å². The highest BCUT2D eigenvalue weighted by molar-refractivity contribution is 5.89. The normalized spacial score (nSPS) is 11.2. The van der Waals surface area contributed by atoms with Crippen molar-refractivity contribution in [1.29, 1.82) is 0 Å². The average molecular weight is 465 g/mol. The van der Waals surface area contributed by atoms with Gasteiger partial charge in [-0.3, -0.25) is 0 Å². The Morgan fingerprint density at radius 2 is 0.914 bits per heavy atom. The molecule has 0 fully saturated rings. The van der Waals surface area contributed by atoms with Crippen molar-refractivity contribution in [3.63, 3.8) is 0 Å². The van der Waals surface area contributed by atoms with Gasteiger partial charge in [-0.25, -0.2) is 4.79 Å². The van der Waals surface area contributed by atoms with E-state index in [4.69, 9.17) is 9.47 Å². The zero-order chi connectivity index (χ0) is 24.2. The zero-order valence-corrected chi connectivity index (χ0v) is 20.0. The van der Waals surface area contributed by atoms with Crippen LogP contribution < -0.4 is 0 Å². The van der Waals surface area contributed by atoms with Crippen molar-refractivity contribution >= 4 is 5.97 Å². The van der Waals surface area contributed by atoms with Gasteiger partial charge in [0.15, 0.2) is 0 Å². The Bertz CT molecular complexity index is 1050. The Morgan fingerprint density at radius 1 is 0.514 bits per heavy atom. The fourth-order valence-corrected chi connectivity index (χ4v) is 4.37. The second-order valence-corrected chi connectivity index (χ2v) is 8.54. The zero-order valence-electron chi connectivity index (χ0n) is 20.0. The number of carbonyl (C=O) groups is 1. The largest absolute Gasteiger partial charge is 0.462 e. The van der Waals surface area contributed by atoms with Gasteiger partial charge in [-0.1, -0.05) is 116 Å². The molecule has 0 radical (unpaired) electrons. The first kappa shape index (κ1) is 24.4. The molecule has 0 N–H and O–H groups in total. The van der Waals surface area contributed by atoms with E-state index in [2.05, 4.69) is 72.8 Å². The monoisotopic (exact) mass is 464 g/mol. The minimum atomic E-state index is -0.672. The summed E-state index contributed by atoms with van der Waals surface area (Å²) in [6, 6.07) is 40.5. The molecule has 0 aliphatic heterocycles. The summed E-state index contributed by atoms with van der Waals surface area (Å²) < 4.78 is 12.2. The SMILES string of the molecule is O=C(OCCCCCCOC(c1ccccc1)(c1ccccc1)c1ccccc1)c1ccccc1. The Hall–Kier alpha value is -3.69. The number of hydrogen-bond acceptors (Lipinski definition) is 3. The van der Waals surface area contributed by atoms with E-state index >= 15 is 0 Å². The molecule has 0 bridgehead atoms. The molecular weight excluding hydrogens is 432 g/mol. The molecule has 0 saturated carbocycles. The molecule has 3 heteroatoms. The molecule has 0 spiro atoms. The molecule has 0 saturated heterocycles. The first-order valence-corrected chi connectivity index (χ1v) is 12.3. The lowest BCUT2D eigenvalue weighted by molar-refractivity contribution is 0.0104. The van der Waals surface area contributed by atoms with E-state index in [-0.39, 0.29) is 5.97 Å². The van der Waals surface area contributed by atoms with Gasteiger partial charge in [0, 0.05) is 6.61 Å². The molecule has 4 rings (SSSR count). The van der Waals surface area contributed by atoms with Crippen LogP contribution in [0.4, 0.5) is 0 Å². The number of hydrogen-bond donors (Lipinski definition) is 0. The minimum absolute atomic E-state index is 0.257. The Labute approximate surface area is 208 Å². The number of benzene rings is 4. The summed E-state index contributed by atoms with van der Waals surface area (Å²) in [6.45, 7) is 1.07. The van der Waals surface area contributed by atoms with Gasteiger partial charge < -0.3 is 9.47 Å². The average Bonchev–Trinajstić information content (AvgIpc) is 2.94. The van der Waals surface area contributed by atoms with E-state index in [1.54, 1.807) is 12.1 Å². The molecule has 0 aromatic heterocycles. The second-order valence-electron chi connectivity index (χ2n) is 8.54. The second kappa shape index (κ2) is 12.7. The van der Waals surface area contributed by atoms with Crippen molar-refractivity contribution in [2.75, 3.05) is 13.2 Å². The van der Waals surface area contributed by atoms with Crippen molar-refractivity contribution in [2.24, 2.45) is 0 Å². The summed E-state index contributed by atoms with van der Waals surface area (Å²) in [5, 5.41) is 0. The number of unbranched alkanes of at least 4 members (excludes halogenated alkanes) is 3. The Morgan fingerprint density at radius 3 is 1.37 bits per heavy atom. The highest BCUT2D eigenvalue weighted by atomic mass is 16.5. The van der Waals surface area contributed by atoms with Crippen LogP contribution in [0.5, 0.6) is 0 Å². The maximum atomic E-state index is 12.1. The third-order valence-corrected chi connectivity index (χ3v) is 6.14. The van der Waals surface area contributed by atoms with Crippen LogP contribution in [0.15, 0.2) is 121 Å². The van der Waals surface area contributed by atoms with Crippen molar-refractivity contribution in [2.45, 2.75) is 31.3 Å². The smallest absolute Gasteiger partial charge is 0.338 e. The molecule has 0 aliphatic rings. The Kier molecular flexibility index (Phi) is 8.85. The van der Waals surface area contributed by atoms with E-state index in [9.17, 15) is 4.79 Å². The van der Waals surface area contributed by atoms with Crippen LogP contribution in [0.3, 0.4) is 0 Å². The predicted molar refractivity (Wildman–Crippen MR) is 140 cm³/mol. The molecular formula is C32H32O3. The van der Waals surface area contributed by atoms with Gasteiger partial charge in [0.05, 0.1) is 12.2 Å². The standard InChI is InChI=1S/C32H32O3/c33-31(27-17-7-3-8-18-27)34-25-15-1-2-16-26-35-32(28-19-9-4-10-20-28,29-21-11-5-12-22-29)30-23-13-6-14-24-30/h3-14,17-24H,1-2,15-16,25-26H2. The van der Waals surface area contributed by atoms with Crippen molar-refractivity contribution < 1.29 is 14.3 Å². The van der Waals surface area contributed by atoms with Gasteiger partial charge in [0.25, 0.3) is 0 Å². The third-order valence-electron chi connectivity index (χ3n) is 6.14. The van der Waals surface area contributed by atoms with Crippen molar-refractivity contribution in [1.82, 2.24) is 0 Å². The summed E-state index contributed by atoms with van der Waals surface area (Å²) in [4.78, 5) is 12.1. The van der Waals surface area contributed by atoms with Gasteiger partial charge in [0.2, 0.25) is 0 Å². The van der Waals surface area contributed by atoms with E-state index in [0.29, 0.717) is 18.8 Å². The van der Waals surface area contributed by atoms with E-state index in [1.807, 2.05) is 36.4 Å². The van der Waals surface area contributed by atoms with Crippen molar-refractivity contribution in [3.05, 3.63) is 144 Å². The van der Waals surface area contributed by atoms with Gasteiger partial charge in [-0.05, 0) is 48.1 Å². The molecule has 0 unspecified atom stereocenters. The van der Waals surface area contributed by atoms with Crippen LogP contribution in [-0.2, 0) is 15.1 Å². The lowest BCUT2D eigenvalue weighted by atomic mass is 9.80. The van der Waals surface area contributed by atoms with E-state index in [1.165, 1.54) is 0 Å². The van der Waals surface area contributed by atoms with Gasteiger partial charge in [0.1, 0.15) is 5.60 Å². The van der Waals surface area contributed by atoms with Gasteiger partial charge in [-0.2, -0.15) is 0 Å². The minimum Gasteiger partial charge on any atom is -0.462 e. The number of carbonyl (C=O) groups excluding carboxylic acids is 1. The molecule has 4 aromatic carbocycles. The van der Waals surface area contributed by atoms with E-state index < -0.39 is 5.60 Å². The first-order valence-electron chi connectivity index (χ1n) is 12.3. The molecule has 178 valence electrons. The number of ether oxygens (including phenoxy) is 2. The molecule has 3 nitrogen and oxygen atoms in total. The summed E-state index contributed by atoms with van der Waals surface area (Å²) in [5.74, 6) is -0.257. The van der Waals surface area contributed by atoms with Crippen molar-refractivity contribution in [3.8, 4) is 0 Å². The summed E-state index contributed by atoms with van der Waals surface area (Å²) >= 11 is 0. The lowest BCUT2D eigenvalue weighted by Gasteiger charge is -2.36. The highest BCUT2D eigenvalue weighted by Gasteiger charge is 2.37. The number of esters is 1. The third kappa shape index (κ3) is 6.26. The summed E-state index contributed by atoms with van der Waals surface area (Å²) in [5.41, 5.74) is 3.27. The topological polar surface area (TPSA) is 35.5 Å². The quantitative estimate of drug-likeness (QED) is 0.124. The molecule has 0 amide bonds. The van der Waals surface area contributed by atoms with Crippen LogP contribution in [-0.4, -0.2) is 19.2 Å². The fourth-order valence-electron chi connectivity index (χ4n) is 4.37. The van der Waals surface area contributed by atoms with Crippen LogP contribution in [0, 0.1) is 0 Å². The van der Waals surface area contributed by atoms with Gasteiger partial charge in [-0.15, -0.1) is 0 Å². The molecule has 0 atom stereocenters. The molecule has 4 aromatic rings. The Balaban J connectivity index is 1.37. The van der Waals surface area contributed by atoms with Crippen LogP contribution in [0.2, 0.25) is 0 Å². The molecule has 35 heavy (non-hydrogen) atoms. The van der Waals surface area contributed by atoms with Crippen LogP contribution in [0.1, 0.15) is 52.7 Å². The fraction of sp³-hybridized carbons (Fsp3) is 0.219.